The van der Waals surface area contributed by atoms with Crippen LogP contribution >= 0.6 is 23.2 Å². The Bertz CT molecular complexity index is 1570. The first-order valence-corrected chi connectivity index (χ1v) is 14.3. The van der Waals surface area contributed by atoms with Gasteiger partial charge in [-0.05, 0) is 66.8 Å². The van der Waals surface area contributed by atoms with Crippen LogP contribution in [0, 0.1) is 0 Å². The quantitative estimate of drug-likeness (QED) is 0.177. The fourth-order valence-corrected chi connectivity index (χ4v) is 5.68. The molecule has 1 heterocycles. The number of nitrogens with zero attached hydrogens (tertiary/aromatic N) is 2. The van der Waals surface area contributed by atoms with Crippen molar-refractivity contribution in [1.29, 1.82) is 0 Å². The summed E-state index contributed by atoms with van der Waals surface area (Å²) in [5, 5.41) is 16.8. The molecule has 0 spiro atoms. The maximum Gasteiger partial charge on any atom is 0.416 e. The van der Waals surface area contributed by atoms with Gasteiger partial charge >= 0.3 is 12.1 Å². The van der Waals surface area contributed by atoms with Crippen molar-refractivity contribution >= 4 is 46.0 Å². The Morgan fingerprint density at radius 2 is 1.64 bits per heavy atom. The number of benzene rings is 3. The molecule has 0 saturated heterocycles. The molecule has 0 fully saturated rings. The highest BCUT2D eigenvalue weighted by molar-refractivity contribution is 6.35. The van der Waals surface area contributed by atoms with Gasteiger partial charge in [0.25, 0.3) is 5.91 Å². The van der Waals surface area contributed by atoms with E-state index in [1.165, 1.54) is 0 Å². The van der Waals surface area contributed by atoms with Crippen LogP contribution in [0.15, 0.2) is 60.7 Å². The largest absolute Gasteiger partial charge is 0.481 e. The van der Waals surface area contributed by atoms with E-state index in [1.807, 2.05) is 38.1 Å². The van der Waals surface area contributed by atoms with Gasteiger partial charge in [0.05, 0.1) is 22.7 Å². The van der Waals surface area contributed by atoms with E-state index in [1.54, 1.807) is 28.9 Å². The molecule has 42 heavy (non-hydrogen) atoms. The second-order valence-corrected chi connectivity index (χ2v) is 10.8. The molecular formula is C31H30Cl2F3N3O3. The molecule has 4 aromatic rings. The number of aliphatic carboxylic acids is 1. The van der Waals surface area contributed by atoms with Crippen LogP contribution < -0.4 is 5.32 Å². The van der Waals surface area contributed by atoms with Gasteiger partial charge in [-0.15, -0.1) is 0 Å². The number of fused-ring (bicyclic) bond motifs is 1. The van der Waals surface area contributed by atoms with Crippen LogP contribution in [0.3, 0.4) is 0 Å². The summed E-state index contributed by atoms with van der Waals surface area (Å²) in [6, 6.07) is 16.3. The summed E-state index contributed by atoms with van der Waals surface area (Å²) in [6.45, 7) is 4.31. The molecule has 6 nitrogen and oxygen atoms in total. The maximum absolute atomic E-state index is 13.9. The lowest BCUT2D eigenvalue weighted by atomic mass is 9.76. The minimum Gasteiger partial charge on any atom is -0.481 e. The highest BCUT2D eigenvalue weighted by Crippen LogP contribution is 2.46. The number of nitrogens with one attached hydrogen (secondary N) is 1. The molecule has 0 aliphatic rings. The van der Waals surface area contributed by atoms with Crippen LogP contribution in [0.2, 0.25) is 10.0 Å². The van der Waals surface area contributed by atoms with E-state index in [0.29, 0.717) is 40.1 Å². The van der Waals surface area contributed by atoms with Crippen molar-refractivity contribution in [1.82, 2.24) is 15.1 Å². The molecule has 2 atom stereocenters. The molecule has 2 N–H and O–H groups in total. The van der Waals surface area contributed by atoms with Gasteiger partial charge in [0.1, 0.15) is 5.52 Å². The number of aromatic nitrogens is 2. The molecule has 0 radical (unpaired) electrons. The number of carbonyl (C=O) groups is 2. The summed E-state index contributed by atoms with van der Waals surface area (Å²) in [4.78, 5) is 23.3. The minimum atomic E-state index is -4.59. The highest BCUT2D eigenvalue weighted by Gasteiger charge is 2.35. The number of carboxylic acid groups (broad SMARTS) is 1. The predicted octanol–water partition coefficient (Wildman–Crippen LogP) is 8.30. The van der Waals surface area contributed by atoms with Gasteiger partial charge in [0.2, 0.25) is 0 Å². The van der Waals surface area contributed by atoms with E-state index in [0.717, 1.165) is 29.7 Å². The van der Waals surface area contributed by atoms with Crippen LogP contribution in [0.25, 0.3) is 10.9 Å². The van der Waals surface area contributed by atoms with Crippen LogP contribution in [-0.2, 0) is 17.5 Å². The number of halogens is 5. The van der Waals surface area contributed by atoms with Gasteiger partial charge in [0.15, 0.2) is 0 Å². The zero-order chi connectivity index (χ0) is 30.6. The summed E-state index contributed by atoms with van der Waals surface area (Å²) in [5.74, 6) is -2.04. The molecule has 2 unspecified atom stereocenters. The van der Waals surface area contributed by atoms with Crippen molar-refractivity contribution in [3.63, 3.8) is 0 Å². The Balaban J connectivity index is 1.88. The number of carboxylic acids is 1. The van der Waals surface area contributed by atoms with Crippen LogP contribution in [0.5, 0.6) is 0 Å². The molecule has 4 rings (SSSR count). The fraction of sp³-hybridized carbons (Fsp3) is 0.323. The second kappa shape index (κ2) is 13.2. The molecule has 3 aromatic carbocycles. The van der Waals surface area contributed by atoms with Crippen LogP contribution in [0.4, 0.5) is 13.2 Å². The Morgan fingerprint density at radius 1 is 1.00 bits per heavy atom. The summed E-state index contributed by atoms with van der Waals surface area (Å²) in [7, 11) is 0. The van der Waals surface area contributed by atoms with Gasteiger partial charge in [-0.2, -0.15) is 18.3 Å². The Hall–Kier alpha value is -3.56. The van der Waals surface area contributed by atoms with E-state index in [4.69, 9.17) is 28.3 Å². The van der Waals surface area contributed by atoms with Gasteiger partial charge in [-0.25, -0.2) is 0 Å². The topological polar surface area (TPSA) is 84.2 Å². The average molecular weight is 620 g/mol. The van der Waals surface area contributed by atoms with E-state index < -0.39 is 29.5 Å². The van der Waals surface area contributed by atoms with E-state index in [-0.39, 0.29) is 23.9 Å². The summed E-state index contributed by atoms with van der Waals surface area (Å²) < 4.78 is 43.4. The van der Waals surface area contributed by atoms with Gasteiger partial charge < -0.3 is 10.4 Å². The maximum atomic E-state index is 13.9. The summed E-state index contributed by atoms with van der Waals surface area (Å²) in [6.07, 6.45) is -3.33. The molecule has 1 aromatic heterocycles. The van der Waals surface area contributed by atoms with Crippen LogP contribution in [0.1, 0.15) is 77.7 Å². The normalized spacial score (nSPS) is 13.2. The van der Waals surface area contributed by atoms with E-state index >= 15 is 0 Å². The van der Waals surface area contributed by atoms with Crippen molar-refractivity contribution in [2.75, 3.05) is 6.54 Å². The average Bonchev–Trinajstić information content (AvgIpc) is 3.32. The first kappa shape index (κ1) is 31.4. The third-order valence-corrected chi connectivity index (χ3v) is 7.76. The molecule has 0 bridgehead atoms. The molecule has 222 valence electrons. The highest BCUT2D eigenvalue weighted by atomic mass is 35.5. The van der Waals surface area contributed by atoms with Crippen molar-refractivity contribution in [2.24, 2.45) is 0 Å². The third kappa shape index (κ3) is 6.90. The number of alkyl halides is 3. The zero-order valence-electron chi connectivity index (χ0n) is 23.0. The second-order valence-electron chi connectivity index (χ2n) is 10.00. The van der Waals surface area contributed by atoms with E-state index in [2.05, 4.69) is 10.4 Å². The number of hydrogen-bond acceptors (Lipinski definition) is 3. The number of rotatable bonds is 11. The summed E-state index contributed by atoms with van der Waals surface area (Å²) >= 11 is 12.6. The molecule has 0 aliphatic heterocycles. The van der Waals surface area contributed by atoms with Gasteiger partial charge in [-0.1, -0.05) is 60.8 Å². The Labute approximate surface area is 251 Å². The number of carbonyl (C=O) groups excluding carboxylic acids is 1. The number of aryl methyl sites for hydroxylation is 1. The first-order valence-electron chi connectivity index (χ1n) is 13.6. The SMILES string of the molecule is CCCC(c1ccc(C(=O)NCCC(=O)O)cc1)C(c1ccc(Cl)cc1)c1c2cc(C(F)(F)F)cc(Cl)c2nn1CC. The molecule has 1 amide bonds. The first-order chi connectivity index (χ1) is 19.9. The van der Waals surface area contributed by atoms with Crippen molar-refractivity contribution < 1.29 is 27.9 Å². The fourth-order valence-electron chi connectivity index (χ4n) is 5.30. The lowest BCUT2D eigenvalue weighted by molar-refractivity contribution is -0.138. The Kier molecular flexibility index (Phi) is 9.84. The number of hydrogen-bond donors (Lipinski definition) is 2. The van der Waals surface area contributed by atoms with Gasteiger partial charge in [0, 0.05) is 35.0 Å². The van der Waals surface area contributed by atoms with E-state index in [9.17, 15) is 22.8 Å². The monoisotopic (exact) mass is 619 g/mol. The third-order valence-electron chi connectivity index (χ3n) is 7.22. The van der Waals surface area contributed by atoms with Crippen molar-refractivity contribution in [2.45, 2.75) is 57.7 Å². The smallest absolute Gasteiger partial charge is 0.416 e. The standard InChI is InChI=1S/C31H30Cl2F3N3O3/c1-3-5-23(18-6-8-20(9-7-18)30(42)37-15-14-26(40)41)27(19-10-12-22(32)13-11-19)29-24-16-21(31(34,35)36)17-25(33)28(24)38-39(29)4-2/h6-13,16-17,23,27H,3-5,14-15H2,1-2H3,(H,37,42)(H,40,41). The minimum absolute atomic E-state index is 0.00355. The zero-order valence-corrected chi connectivity index (χ0v) is 24.5. The van der Waals surface area contributed by atoms with Crippen LogP contribution in [-0.4, -0.2) is 33.3 Å². The predicted molar refractivity (Wildman–Crippen MR) is 157 cm³/mol. The van der Waals surface area contributed by atoms with Crippen molar-refractivity contribution in [3.05, 3.63) is 98.7 Å². The Morgan fingerprint density at radius 3 is 2.21 bits per heavy atom. The summed E-state index contributed by atoms with van der Waals surface area (Å²) in [5.41, 5.74) is 2.15. The lowest BCUT2D eigenvalue weighted by Gasteiger charge is -2.29. The number of amides is 1. The molecule has 11 heteroatoms. The lowest BCUT2D eigenvalue weighted by Crippen LogP contribution is -2.26. The van der Waals surface area contributed by atoms with Crippen molar-refractivity contribution in [3.8, 4) is 0 Å². The molecule has 0 saturated carbocycles. The van der Waals surface area contributed by atoms with Gasteiger partial charge in [-0.3, -0.25) is 14.3 Å². The molecule has 0 aliphatic carbocycles. The molecular weight excluding hydrogens is 590 g/mol.